The van der Waals surface area contributed by atoms with E-state index in [1.54, 1.807) is 0 Å². The molecule has 0 amide bonds. The van der Waals surface area contributed by atoms with Gasteiger partial charge in [-0.25, -0.2) is 0 Å². The van der Waals surface area contributed by atoms with Crippen LogP contribution < -0.4 is 10.6 Å². The molecule has 0 unspecified atom stereocenters. The summed E-state index contributed by atoms with van der Waals surface area (Å²) in [4.78, 5) is 2.29. The Kier molecular flexibility index (Phi) is 3.57. The maximum absolute atomic E-state index is 5.93. The molecular weight excluding hydrogens is 304 g/mol. The van der Waals surface area contributed by atoms with Crippen molar-refractivity contribution in [2.45, 2.75) is 18.9 Å². The summed E-state index contributed by atoms with van der Waals surface area (Å²) >= 11 is 3.45. The Labute approximate surface area is 121 Å². The summed E-state index contributed by atoms with van der Waals surface area (Å²) in [6.07, 6.45) is 2.08. The SMILES string of the molecule is NC1CCN(c2cc(-c3ccc(Br)cc3)[nH]n2)CC1. The molecule has 1 aliphatic heterocycles. The van der Waals surface area contributed by atoms with E-state index < -0.39 is 0 Å². The zero-order valence-corrected chi connectivity index (χ0v) is 12.2. The third kappa shape index (κ3) is 2.82. The van der Waals surface area contributed by atoms with Gasteiger partial charge in [0.05, 0.1) is 5.69 Å². The predicted molar refractivity (Wildman–Crippen MR) is 81.1 cm³/mol. The van der Waals surface area contributed by atoms with Crippen LogP contribution in [-0.2, 0) is 0 Å². The minimum atomic E-state index is 0.348. The number of rotatable bonds is 2. The van der Waals surface area contributed by atoms with Gasteiger partial charge in [0.25, 0.3) is 0 Å². The lowest BCUT2D eigenvalue weighted by atomic mass is 10.1. The average molecular weight is 321 g/mol. The standard InChI is InChI=1S/C14H17BrN4/c15-11-3-1-10(2-4-11)13-9-14(18-17-13)19-7-5-12(16)6-8-19/h1-4,9,12H,5-8,16H2,(H,17,18). The Morgan fingerprint density at radius 2 is 1.89 bits per heavy atom. The van der Waals surface area contributed by atoms with Crippen molar-refractivity contribution in [3.63, 3.8) is 0 Å². The third-order valence-electron chi connectivity index (χ3n) is 3.58. The van der Waals surface area contributed by atoms with E-state index >= 15 is 0 Å². The molecule has 0 atom stereocenters. The first-order valence-electron chi connectivity index (χ1n) is 6.54. The van der Waals surface area contributed by atoms with E-state index in [2.05, 4.69) is 49.2 Å². The number of benzene rings is 1. The van der Waals surface area contributed by atoms with Gasteiger partial charge in [0, 0.05) is 29.7 Å². The van der Waals surface area contributed by atoms with Crippen LogP contribution in [0.1, 0.15) is 12.8 Å². The molecule has 19 heavy (non-hydrogen) atoms. The fourth-order valence-electron chi connectivity index (χ4n) is 2.38. The Bertz CT molecular complexity index is 541. The van der Waals surface area contributed by atoms with Crippen LogP contribution in [0.5, 0.6) is 0 Å². The van der Waals surface area contributed by atoms with Crippen LogP contribution in [0.15, 0.2) is 34.8 Å². The summed E-state index contributed by atoms with van der Waals surface area (Å²) in [5.74, 6) is 1.02. The first-order chi connectivity index (χ1) is 9.22. The van der Waals surface area contributed by atoms with Crippen molar-refractivity contribution in [2.24, 2.45) is 5.73 Å². The molecule has 1 aromatic carbocycles. The lowest BCUT2D eigenvalue weighted by molar-refractivity contribution is 0.498. The summed E-state index contributed by atoms with van der Waals surface area (Å²) in [6.45, 7) is 1.98. The van der Waals surface area contributed by atoms with Crippen molar-refractivity contribution in [2.75, 3.05) is 18.0 Å². The van der Waals surface area contributed by atoms with Crippen LogP contribution in [0.3, 0.4) is 0 Å². The monoisotopic (exact) mass is 320 g/mol. The van der Waals surface area contributed by atoms with Crippen molar-refractivity contribution in [1.82, 2.24) is 10.2 Å². The van der Waals surface area contributed by atoms with Crippen molar-refractivity contribution in [3.8, 4) is 11.3 Å². The van der Waals surface area contributed by atoms with E-state index in [9.17, 15) is 0 Å². The number of hydrogen-bond donors (Lipinski definition) is 2. The van der Waals surface area contributed by atoms with Crippen LogP contribution >= 0.6 is 15.9 Å². The van der Waals surface area contributed by atoms with E-state index in [0.717, 1.165) is 47.5 Å². The van der Waals surface area contributed by atoms with Crippen molar-refractivity contribution >= 4 is 21.7 Å². The molecule has 4 nitrogen and oxygen atoms in total. The van der Waals surface area contributed by atoms with E-state index in [1.165, 1.54) is 0 Å². The van der Waals surface area contributed by atoms with E-state index in [-0.39, 0.29) is 0 Å². The molecular formula is C14H17BrN4. The average Bonchev–Trinajstić information content (AvgIpc) is 2.90. The van der Waals surface area contributed by atoms with Crippen molar-refractivity contribution in [3.05, 3.63) is 34.8 Å². The summed E-state index contributed by atoms with van der Waals surface area (Å²) in [5, 5.41) is 7.52. The normalized spacial score (nSPS) is 16.8. The van der Waals surface area contributed by atoms with Crippen molar-refractivity contribution < 1.29 is 0 Å². The number of H-pyrrole nitrogens is 1. The second-order valence-electron chi connectivity index (χ2n) is 4.97. The molecule has 1 aliphatic rings. The molecule has 0 saturated carbocycles. The van der Waals surface area contributed by atoms with E-state index in [0.29, 0.717) is 6.04 Å². The number of nitrogens with one attached hydrogen (secondary N) is 1. The van der Waals surface area contributed by atoms with E-state index in [1.807, 2.05) is 12.1 Å². The van der Waals surface area contributed by atoms with Gasteiger partial charge in [0.2, 0.25) is 0 Å². The van der Waals surface area contributed by atoms with Gasteiger partial charge in [0.1, 0.15) is 0 Å². The second-order valence-corrected chi connectivity index (χ2v) is 5.89. The van der Waals surface area contributed by atoms with Gasteiger partial charge in [-0.1, -0.05) is 28.1 Å². The van der Waals surface area contributed by atoms with Crippen LogP contribution in [0.4, 0.5) is 5.82 Å². The fourth-order valence-corrected chi connectivity index (χ4v) is 2.64. The molecule has 1 saturated heterocycles. The Morgan fingerprint density at radius 1 is 1.21 bits per heavy atom. The highest BCUT2D eigenvalue weighted by Gasteiger charge is 2.18. The number of piperidine rings is 1. The number of nitrogens with two attached hydrogens (primary N) is 1. The number of halogens is 1. The van der Waals surface area contributed by atoms with Gasteiger partial charge in [-0.05, 0) is 30.5 Å². The van der Waals surface area contributed by atoms with Gasteiger partial charge >= 0.3 is 0 Å². The van der Waals surface area contributed by atoms with Gasteiger partial charge in [0.15, 0.2) is 5.82 Å². The zero-order chi connectivity index (χ0) is 13.2. The van der Waals surface area contributed by atoms with Gasteiger partial charge in [-0.3, -0.25) is 5.10 Å². The molecule has 3 rings (SSSR count). The quantitative estimate of drug-likeness (QED) is 0.894. The maximum atomic E-state index is 5.93. The third-order valence-corrected chi connectivity index (χ3v) is 4.11. The summed E-state index contributed by atoms with van der Waals surface area (Å²) in [5.41, 5.74) is 8.13. The lowest BCUT2D eigenvalue weighted by Crippen LogP contribution is -2.39. The van der Waals surface area contributed by atoms with Gasteiger partial charge in [-0.2, -0.15) is 5.10 Å². The summed E-state index contributed by atoms with van der Waals surface area (Å²) in [7, 11) is 0. The number of aromatic nitrogens is 2. The largest absolute Gasteiger partial charge is 0.355 e. The smallest absolute Gasteiger partial charge is 0.150 e. The highest BCUT2D eigenvalue weighted by molar-refractivity contribution is 9.10. The topological polar surface area (TPSA) is 57.9 Å². The van der Waals surface area contributed by atoms with Gasteiger partial charge < -0.3 is 10.6 Å². The lowest BCUT2D eigenvalue weighted by Gasteiger charge is -2.29. The molecule has 2 aromatic rings. The number of aromatic amines is 1. The minimum absolute atomic E-state index is 0.348. The van der Waals surface area contributed by atoms with Gasteiger partial charge in [-0.15, -0.1) is 0 Å². The second kappa shape index (κ2) is 5.35. The highest BCUT2D eigenvalue weighted by atomic mass is 79.9. The maximum Gasteiger partial charge on any atom is 0.150 e. The number of anilines is 1. The molecule has 0 bridgehead atoms. The highest BCUT2D eigenvalue weighted by Crippen LogP contribution is 2.25. The van der Waals surface area contributed by atoms with Crippen LogP contribution in [-0.4, -0.2) is 29.3 Å². The summed E-state index contributed by atoms with van der Waals surface area (Å²) in [6, 6.07) is 10.7. The Balaban J connectivity index is 1.77. The molecule has 0 radical (unpaired) electrons. The minimum Gasteiger partial charge on any atom is -0.355 e. The van der Waals surface area contributed by atoms with Crippen LogP contribution in [0.2, 0.25) is 0 Å². The molecule has 2 heterocycles. The van der Waals surface area contributed by atoms with Crippen LogP contribution in [0.25, 0.3) is 11.3 Å². The molecule has 5 heteroatoms. The predicted octanol–water partition coefficient (Wildman–Crippen LogP) is 2.77. The first-order valence-corrected chi connectivity index (χ1v) is 7.33. The number of hydrogen-bond acceptors (Lipinski definition) is 3. The van der Waals surface area contributed by atoms with E-state index in [4.69, 9.17) is 5.73 Å². The number of nitrogens with zero attached hydrogens (tertiary/aromatic N) is 2. The first kappa shape index (κ1) is 12.7. The molecule has 100 valence electrons. The van der Waals surface area contributed by atoms with Crippen molar-refractivity contribution in [1.29, 1.82) is 0 Å². The molecule has 3 N–H and O–H groups in total. The molecule has 0 spiro atoms. The molecule has 0 aliphatic carbocycles. The fraction of sp³-hybridized carbons (Fsp3) is 0.357. The summed E-state index contributed by atoms with van der Waals surface area (Å²) < 4.78 is 1.08. The zero-order valence-electron chi connectivity index (χ0n) is 10.6. The molecule has 1 fully saturated rings. The molecule has 1 aromatic heterocycles. The van der Waals surface area contributed by atoms with Crippen LogP contribution in [0, 0.1) is 0 Å². The Morgan fingerprint density at radius 3 is 2.58 bits per heavy atom. The Hall–Kier alpha value is -1.33.